The van der Waals surface area contributed by atoms with Crippen LogP contribution in [-0.2, 0) is 9.53 Å². The highest BCUT2D eigenvalue weighted by molar-refractivity contribution is 5.92. The van der Waals surface area contributed by atoms with E-state index in [9.17, 15) is 4.79 Å². The molecule has 1 amide bonds. The summed E-state index contributed by atoms with van der Waals surface area (Å²) in [5, 5.41) is 6.02. The van der Waals surface area contributed by atoms with E-state index in [1.807, 2.05) is 31.2 Å². The SMILES string of the molecule is Cc1cccc(NC(=O)CNCC2CN(C)CCO2)c1. The topological polar surface area (TPSA) is 53.6 Å². The van der Waals surface area contributed by atoms with Gasteiger partial charge < -0.3 is 20.3 Å². The van der Waals surface area contributed by atoms with E-state index in [4.69, 9.17) is 4.74 Å². The molecule has 0 aromatic heterocycles. The highest BCUT2D eigenvalue weighted by Crippen LogP contribution is 2.09. The van der Waals surface area contributed by atoms with Crippen LogP contribution in [0.1, 0.15) is 5.56 Å². The maximum absolute atomic E-state index is 11.8. The predicted octanol–water partition coefficient (Wildman–Crippen LogP) is 0.854. The molecule has 110 valence electrons. The molecule has 1 saturated heterocycles. The van der Waals surface area contributed by atoms with E-state index in [1.165, 1.54) is 0 Å². The van der Waals surface area contributed by atoms with Gasteiger partial charge in [0.25, 0.3) is 0 Å². The number of carbonyl (C=O) groups excluding carboxylic acids is 1. The summed E-state index contributed by atoms with van der Waals surface area (Å²) in [6, 6.07) is 7.79. The molecule has 5 heteroatoms. The highest BCUT2D eigenvalue weighted by Gasteiger charge is 2.17. The van der Waals surface area contributed by atoms with E-state index < -0.39 is 0 Å². The van der Waals surface area contributed by atoms with Crippen molar-refractivity contribution in [2.45, 2.75) is 13.0 Å². The predicted molar refractivity (Wildman–Crippen MR) is 79.9 cm³/mol. The molecule has 1 aromatic rings. The van der Waals surface area contributed by atoms with E-state index >= 15 is 0 Å². The van der Waals surface area contributed by atoms with Crippen molar-refractivity contribution in [3.05, 3.63) is 29.8 Å². The Morgan fingerprint density at radius 2 is 2.35 bits per heavy atom. The number of amides is 1. The Morgan fingerprint density at radius 3 is 3.10 bits per heavy atom. The van der Waals surface area contributed by atoms with Gasteiger partial charge in [0.2, 0.25) is 5.91 Å². The van der Waals surface area contributed by atoms with Gasteiger partial charge in [0, 0.05) is 25.3 Å². The zero-order chi connectivity index (χ0) is 14.4. The van der Waals surface area contributed by atoms with Gasteiger partial charge in [-0.15, -0.1) is 0 Å². The van der Waals surface area contributed by atoms with Gasteiger partial charge in [0.1, 0.15) is 0 Å². The number of morpholine rings is 1. The zero-order valence-electron chi connectivity index (χ0n) is 12.2. The molecule has 1 unspecified atom stereocenters. The largest absolute Gasteiger partial charge is 0.374 e. The maximum atomic E-state index is 11.8. The standard InChI is InChI=1S/C15H23N3O2/c1-12-4-3-5-13(8-12)17-15(19)10-16-9-14-11-18(2)6-7-20-14/h3-5,8,14,16H,6-7,9-11H2,1-2H3,(H,17,19). The first-order valence-corrected chi connectivity index (χ1v) is 7.01. The molecule has 1 aliphatic heterocycles. The van der Waals surface area contributed by atoms with E-state index in [0.29, 0.717) is 13.1 Å². The number of carbonyl (C=O) groups is 1. The van der Waals surface area contributed by atoms with Crippen molar-refractivity contribution < 1.29 is 9.53 Å². The molecule has 1 atom stereocenters. The molecule has 0 spiro atoms. The molecule has 20 heavy (non-hydrogen) atoms. The van der Waals surface area contributed by atoms with Crippen molar-refractivity contribution in [1.29, 1.82) is 0 Å². The first kappa shape index (κ1) is 15.0. The Hall–Kier alpha value is -1.43. The minimum absolute atomic E-state index is 0.0280. The second-order valence-electron chi connectivity index (χ2n) is 5.30. The number of anilines is 1. The van der Waals surface area contributed by atoms with Gasteiger partial charge in [0.05, 0.1) is 19.3 Å². The highest BCUT2D eigenvalue weighted by atomic mass is 16.5. The van der Waals surface area contributed by atoms with Crippen LogP contribution in [0, 0.1) is 6.92 Å². The van der Waals surface area contributed by atoms with Gasteiger partial charge in [0.15, 0.2) is 0 Å². The van der Waals surface area contributed by atoms with Crippen LogP contribution in [0.2, 0.25) is 0 Å². The van der Waals surface area contributed by atoms with Crippen LogP contribution in [0.5, 0.6) is 0 Å². The summed E-state index contributed by atoms with van der Waals surface area (Å²) < 4.78 is 5.63. The van der Waals surface area contributed by atoms with Crippen LogP contribution < -0.4 is 10.6 Å². The summed E-state index contributed by atoms with van der Waals surface area (Å²) in [7, 11) is 2.08. The number of hydrogen-bond donors (Lipinski definition) is 2. The molecule has 0 bridgehead atoms. The molecule has 0 aliphatic carbocycles. The molecule has 2 rings (SSSR count). The first-order valence-electron chi connectivity index (χ1n) is 7.01. The van der Waals surface area contributed by atoms with Gasteiger partial charge in [-0.3, -0.25) is 4.79 Å². The van der Waals surface area contributed by atoms with Crippen LogP contribution in [0.25, 0.3) is 0 Å². The Bertz CT molecular complexity index is 450. The molecule has 1 aromatic carbocycles. The van der Waals surface area contributed by atoms with Gasteiger partial charge >= 0.3 is 0 Å². The number of nitrogens with zero attached hydrogens (tertiary/aromatic N) is 1. The second kappa shape index (κ2) is 7.38. The summed E-state index contributed by atoms with van der Waals surface area (Å²) in [6.45, 7) is 5.66. The third-order valence-electron chi connectivity index (χ3n) is 3.30. The number of aryl methyl sites for hydroxylation is 1. The number of rotatable bonds is 5. The molecular weight excluding hydrogens is 254 g/mol. The van der Waals surface area contributed by atoms with Crippen molar-refractivity contribution in [2.24, 2.45) is 0 Å². The van der Waals surface area contributed by atoms with E-state index in [1.54, 1.807) is 0 Å². The van der Waals surface area contributed by atoms with Crippen LogP contribution >= 0.6 is 0 Å². The summed E-state index contributed by atoms with van der Waals surface area (Å²) in [5.41, 5.74) is 1.97. The second-order valence-corrected chi connectivity index (χ2v) is 5.30. The molecule has 0 saturated carbocycles. The Kier molecular flexibility index (Phi) is 5.52. The fourth-order valence-electron chi connectivity index (χ4n) is 2.26. The number of benzene rings is 1. The van der Waals surface area contributed by atoms with Crippen molar-refractivity contribution in [1.82, 2.24) is 10.2 Å². The monoisotopic (exact) mass is 277 g/mol. The van der Waals surface area contributed by atoms with Gasteiger partial charge in [-0.1, -0.05) is 12.1 Å². The number of nitrogens with one attached hydrogen (secondary N) is 2. The zero-order valence-corrected chi connectivity index (χ0v) is 12.2. The fraction of sp³-hybridized carbons (Fsp3) is 0.533. The van der Waals surface area contributed by atoms with Crippen LogP contribution in [0.3, 0.4) is 0 Å². The summed E-state index contributed by atoms with van der Waals surface area (Å²) in [5.74, 6) is -0.0280. The minimum atomic E-state index is -0.0280. The molecule has 1 heterocycles. The molecule has 0 radical (unpaired) electrons. The van der Waals surface area contributed by atoms with Crippen molar-refractivity contribution in [2.75, 3.05) is 45.2 Å². The average molecular weight is 277 g/mol. The lowest BCUT2D eigenvalue weighted by molar-refractivity contribution is -0.115. The van der Waals surface area contributed by atoms with Crippen molar-refractivity contribution >= 4 is 11.6 Å². The Labute approximate surface area is 120 Å². The molecular formula is C15H23N3O2. The first-order chi connectivity index (χ1) is 9.63. The summed E-state index contributed by atoms with van der Waals surface area (Å²) in [6.07, 6.45) is 0.167. The van der Waals surface area contributed by atoms with E-state index in [0.717, 1.165) is 30.9 Å². The molecule has 2 N–H and O–H groups in total. The molecule has 1 aliphatic rings. The third kappa shape index (κ3) is 4.92. The van der Waals surface area contributed by atoms with Crippen molar-refractivity contribution in [3.63, 3.8) is 0 Å². The van der Waals surface area contributed by atoms with Gasteiger partial charge in [-0.2, -0.15) is 0 Å². The number of hydrogen-bond acceptors (Lipinski definition) is 4. The Balaban J connectivity index is 1.67. The van der Waals surface area contributed by atoms with Crippen LogP contribution in [0.15, 0.2) is 24.3 Å². The van der Waals surface area contributed by atoms with Crippen molar-refractivity contribution in [3.8, 4) is 0 Å². The summed E-state index contributed by atoms with van der Waals surface area (Å²) >= 11 is 0. The lowest BCUT2D eigenvalue weighted by atomic mass is 10.2. The fourth-order valence-corrected chi connectivity index (χ4v) is 2.26. The van der Waals surface area contributed by atoms with E-state index in [-0.39, 0.29) is 12.0 Å². The van der Waals surface area contributed by atoms with Crippen LogP contribution in [-0.4, -0.2) is 56.7 Å². The maximum Gasteiger partial charge on any atom is 0.238 e. The quantitative estimate of drug-likeness (QED) is 0.838. The van der Waals surface area contributed by atoms with Crippen LogP contribution in [0.4, 0.5) is 5.69 Å². The Morgan fingerprint density at radius 1 is 1.50 bits per heavy atom. The normalized spacial score (nSPS) is 19.8. The smallest absolute Gasteiger partial charge is 0.238 e. The third-order valence-corrected chi connectivity index (χ3v) is 3.30. The lowest BCUT2D eigenvalue weighted by Crippen LogP contribution is -2.45. The molecule has 5 nitrogen and oxygen atoms in total. The van der Waals surface area contributed by atoms with Gasteiger partial charge in [-0.05, 0) is 31.7 Å². The minimum Gasteiger partial charge on any atom is -0.374 e. The van der Waals surface area contributed by atoms with E-state index in [2.05, 4.69) is 22.6 Å². The lowest BCUT2D eigenvalue weighted by Gasteiger charge is -2.30. The summed E-state index contributed by atoms with van der Waals surface area (Å²) in [4.78, 5) is 14.0. The number of ether oxygens (including phenoxy) is 1. The average Bonchev–Trinajstić information content (AvgIpc) is 2.38. The molecule has 1 fully saturated rings. The number of likely N-dealkylation sites (N-methyl/N-ethyl adjacent to an activating group) is 1. The van der Waals surface area contributed by atoms with Gasteiger partial charge in [-0.25, -0.2) is 0 Å².